The highest BCUT2D eigenvalue weighted by molar-refractivity contribution is 6.30. The second-order valence-electron chi connectivity index (χ2n) is 3.75. The number of rotatable bonds is 4. The van der Waals surface area contributed by atoms with Crippen LogP contribution in [-0.2, 0) is 4.79 Å². The van der Waals surface area contributed by atoms with E-state index >= 15 is 0 Å². The van der Waals surface area contributed by atoms with Crippen molar-refractivity contribution in [2.75, 3.05) is 6.54 Å². The Morgan fingerprint density at radius 2 is 1.89 bits per heavy atom. The molecular formula is C11H12ClF2NO3. The molecular weight excluding hydrogens is 268 g/mol. The first kappa shape index (κ1) is 14.8. The Hall–Kier alpha value is -1.24. The Morgan fingerprint density at radius 3 is 2.33 bits per heavy atom. The van der Waals surface area contributed by atoms with Crippen LogP contribution in [0.2, 0.25) is 5.02 Å². The number of nitrogens with one attached hydrogen (secondary N) is 1. The van der Waals surface area contributed by atoms with Gasteiger partial charge in [0.05, 0.1) is 0 Å². The van der Waals surface area contributed by atoms with Gasteiger partial charge >= 0.3 is 0 Å². The number of aliphatic hydroxyl groups excluding tert-OH is 2. The largest absolute Gasteiger partial charge is 0.388 e. The molecule has 0 fully saturated rings. The topological polar surface area (TPSA) is 69.6 Å². The van der Waals surface area contributed by atoms with Gasteiger partial charge in [-0.05, 0) is 17.7 Å². The lowest BCUT2D eigenvalue weighted by Gasteiger charge is -2.18. The van der Waals surface area contributed by atoms with Gasteiger partial charge < -0.3 is 15.5 Å². The predicted octanol–water partition coefficient (Wildman–Crippen LogP) is 1.15. The highest BCUT2D eigenvalue weighted by Crippen LogP contribution is 2.25. The van der Waals surface area contributed by atoms with E-state index in [0.29, 0.717) is 0 Å². The summed E-state index contributed by atoms with van der Waals surface area (Å²) in [5.74, 6) is -2.45. The highest BCUT2D eigenvalue weighted by atomic mass is 35.5. The third kappa shape index (κ3) is 3.63. The standard InChI is InChI=1S/C11H12ClF2NO3/c1-5(16)15-4-9(17)11(18)6-2-7(13)10(12)8(14)3-6/h2-3,9,11,17-18H,4H2,1H3,(H,15,16). The van der Waals surface area contributed by atoms with Crippen molar-refractivity contribution in [1.82, 2.24) is 5.32 Å². The molecule has 18 heavy (non-hydrogen) atoms. The Kier molecular flexibility index (Phi) is 5.01. The van der Waals surface area contributed by atoms with Gasteiger partial charge in [0.1, 0.15) is 28.9 Å². The number of carbonyl (C=O) groups excluding carboxylic acids is 1. The molecule has 0 aromatic heterocycles. The van der Waals surface area contributed by atoms with E-state index in [1.54, 1.807) is 0 Å². The SMILES string of the molecule is CC(=O)NCC(O)C(O)c1cc(F)c(Cl)c(F)c1. The third-order valence-electron chi connectivity index (χ3n) is 2.27. The number of halogens is 3. The molecule has 100 valence electrons. The summed E-state index contributed by atoms with van der Waals surface area (Å²) in [6, 6.07) is 1.65. The van der Waals surface area contributed by atoms with Crippen LogP contribution in [0.3, 0.4) is 0 Å². The zero-order chi connectivity index (χ0) is 13.9. The van der Waals surface area contributed by atoms with E-state index in [1.807, 2.05) is 0 Å². The summed E-state index contributed by atoms with van der Waals surface area (Å²) < 4.78 is 26.3. The van der Waals surface area contributed by atoms with Crippen molar-refractivity contribution >= 4 is 17.5 Å². The molecule has 2 atom stereocenters. The summed E-state index contributed by atoms with van der Waals surface area (Å²) in [5, 5.41) is 20.8. The van der Waals surface area contributed by atoms with Gasteiger partial charge in [-0.1, -0.05) is 11.6 Å². The fraction of sp³-hybridized carbons (Fsp3) is 0.364. The van der Waals surface area contributed by atoms with Crippen LogP contribution in [0.4, 0.5) is 8.78 Å². The smallest absolute Gasteiger partial charge is 0.216 e. The fourth-order valence-electron chi connectivity index (χ4n) is 1.33. The van der Waals surface area contributed by atoms with Crippen LogP contribution in [0, 0.1) is 11.6 Å². The van der Waals surface area contributed by atoms with Crippen molar-refractivity contribution in [3.05, 3.63) is 34.4 Å². The van der Waals surface area contributed by atoms with Crippen molar-refractivity contribution in [2.24, 2.45) is 0 Å². The normalized spacial score (nSPS) is 14.1. The van der Waals surface area contributed by atoms with Gasteiger partial charge in [-0.2, -0.15) is 0 Å². The van der Waals surface area contributed by atoms with Crippen LogP contribution in [0.1, 0.15) is 18.6 Å². The maximum atomic E-state index is 13.1. The zero-order valence-electron chi connectivity index (χ0n) is 9.45. The summed E-state index contributed by atoms with van der Waals surface area (Å²) in [5.41, 5.74) is -0.160. The summed E-state index contributed by atoms with van der Waals surface area (Å²) in [7, 11) is 0. The molecule has 0 saturated heterocycles. The first-order chi connectivity index (χ1) is 8.32. The van der Waals surface area contributed by atoms with E-state index in [0.717, 1.165) is 12.1 Å². The van der Waals surface area contributed by atoms with Gasteiger partial charge in [0, 0.05) is 13.5 Å². The van der Waals surface area contributed by atoms with Gasteiger partial charge in [-0.3, -0.25) is 4.79 Å². The molecule has 0 spiro atoms. The Balaban J connectivity index is 2.83. The van der Waals surface area contributed by atoms with Crippen LogP contribution in [-0.4, -0.2) is 28.8 Å². The molecule has 1 amide bonds. The number of aliphatic hydroxyl groups is 2. The molecule has 7 heteroatoms. The van der Waals surface area contributed by atoms with Crippen molar-refractivity contribution < 1.29 is 23.8 Å². The Bertz CT molecular complexity index is 433. The lowest BCUT2D eigenvalue weighted by Crippen LogP contribution is -2.34. The van der Waals surface area contributed by atoms with Crippen LogP contribution in [0.15, 0.2) is 12.1 Å². The van der Waals surface area contributed by atoms with E-state index in [-0.39, 0.29) is 12.1 Å². The molecule has 1 aromatic rings. The summed E-state index contributed by atoms with van der Waals surface area (Å²) in [6.07, 6.45) is -2.91. The second-order valence-corrected chi connectivity index (χ2v) is 4.13. The number of hydrogen-bond acceptors (Lipinski definition) is 3. The van der Waals surface area contributed by atoms with Gasteiger partial charge in [-0.25, -0.2) is 8.78 Å². The molecule has 0 aliphatic rings. The molecule has 1 aromatic carbocycles. The van der Waals surface area contributed by atoms with Crippen LogP contribution >= 0.6 is 11.6 Å². The van der Waals surface area contributed by atoms with Crippen molar-refractivity contribution in [3.8, 4) is 0 Å². The molecule has 0 radical (unpaired) electrons. The van der Waals surface area contributed by atoms with Crippen LogP contribution < -0.4 is 5.32 Å². The summed E-state index contributed by atoms with van der Waals surface area (Å²) in [4.78, 5) is 10.6. The molecule has 0 saturated carbocycles. The minimum atomic E-state index is -1.53. The average Bonchev–Trinajstić information content (AvgIpc) is 2.31. The Labute approximate surface area is 107 Å². The molecule has 0 heterocycles. The van der Waals surface area contributed by atoms with Gasteiger partial charge in [0.15, 0.2) is 0 Å². The highest BCUT2D eigenvalue weighted by Gasteiger charge is 2.21. The van der Waals surface area contributed by atoms with Gasteiger partial charge in [-0.15, -0.1) is 0 Å². The maximum Gasteiger partial charge on any atom is 0.216 e. The molecule has 0 aliphatic heterocycles. The van der Waals surface area contributed by atoms with Crippen molar-refractivity contribution in [2.45, 2.75) is 19.1 Å². The lowest BCUT2D eigenvalue weighted by molar-refractivity contribution is -0.119. The fourth-order valence-corrected chi connectivity index (χ4v) is 1.44. The third-order valence-corrected chi connectivity index (χ3v) is 2.63. The molecule has 0 aliphatic carbocycles. The summed E-state index contributed by atoms with van der Waals surface area (Å²) in [6.45, 7) is 1.00. The van der Waals surface area contributed by atoms with Crippen LogP contribution in [0.25, 0.3) is 0 Å². The average molecular weight is 280 g/mol. The van der Waals surface area contributed by atoms with E-state index in [9.17, 15) is 23.8 Å². The maximum absolute atomic E-state index is 13.1. The quantitative estimate of drug-likeness (QED) is 0.724. The number of amides is 1. The first-order valence-electron chi connectivity index (χ1n) is 5.08. The monoisotopic (exact) mass is 279 g/mol. The molecule has 0 bridgehead atoms. The number of benzene rings is 1. The number of carbonyl (C=O) groups is 1. The van der Waals surface area contributed by atoms with E-state index < -0.39 is 34.8 Å². The molecule has 2 unspecified atom stereocenters. The van der Waals surface area contributed by atoms with E-state index in [1.165, 1.54) is 6.92 Å². The van der Waals surface area contributed by atoms with E-state index in [4.69, 9.17) is 11.6 Å². The zero-order valence-corrected chi connectivity index (χ0v) is 10.2. The minimum absolute atomic E-state index is 0.160. The molecule has 3 N–H and O–H groups in total. The van der Waals surface area contributed by atoms with Crippen LogP contribution in [0.5, 0.6) is 0 Å². The van der Waals surface area contributed by atoms with Crippen molar-refractivity contribution in [3.63, 3.8) is 0 Å². The lowest BCUT2D eigenvalue weighted by atomic mass is 10.0. The number of hydrogen-bond donors (Lipinski definition) is 3. The van der Waals surface area contributed by atoms with Crippen molar-refractivity contribution in [1.29, 1.82) is 0 Å². The van der Waals surface area contributed by atoms with E-state index in [2.05, 4.69) is 5.32 Å². The molecule has 1 rings (SSSR count). The predicted molar refractivity (Wildman–Crippen MR) is 61.0 cm³/mol. The van der Waals surface area contributed by atoms with Gasteiger partial charge in [0.2, 0.25) is 5.91 Å². The molecule has 4 nitrogen and oxygen atoms in total. The Morgan fingerprint density at radius 1 is 1.39 bits per heavy atom. The first-order valence-corrected chi connectivity index (χ1v) is 5.45. The van der Waals surface area contributed by atoms with Gasteiger partial charge in [0.25, 0.3) is 0 Å². The second kappa shape index (κ2) is 6.08. The summed E-state index contributed by atoms with van der Waals surface area (Å²) >= 11 is 5.29. The minimum Gasteiger partial charge on any atom is -0.388 e.